The van der Waals surface area contributed by atoms with Crippen LogP contribution in [0.3, 0.4) is 0 Å². The second-order valence-electron chi connectivity index (χ2n) is 11.0. The molecule has 2 N–H and O–H groups in total. The third kappa shape index (κ3) is 3.96. The van der Waals surface area contributed by atoms with Crippen LogP contribution in [-0.4, -0.2) is 28.5 Å². The summed E-state index contributed by atoms with van der Waals surface area (Å²) in [5, 5.41) is 20.2. The summed E-state index contributed by atoms with van der Waals surface area (Å²) < 4.78 is 0. The number of hydrogen-bond acceptors (Lipinski definition) is 4. The zero-order valence-corrected chi connectivity index (χ0v) is 19.1. The fourth-order valence-corrected chi connectivity index (χ4v) is 6.98. The Morgan fingerprint density at radius 2 is 2.00 bits per heavy atom. The predicted molar refractivity (Wildman–Crippen MR) is 121 cm³/mol. The van der Waals surface area contributed by atoms with Crippen LogP contribution >= 0.6 is 0 Å². The first-order valence-corrected chi connectivity index (χ1v) is 12.4. The Balaban J connectivity index is 1.33. The lowest BCUT2D eigenvalue weighted by atomic mass is 9.60. The maximum absolute atomic E-state index is 10.2. The molecule has 0 radical (unpaired) electrons. The summed E-state index contributed by atoms with van der Waals surface area (Å²) in [6.07, 6.45) is 15.3. The number of rotatable bonds is 4. The minimum absolute atomic E-state index is 0.0844. The van der Waals surface area contributed by atoms with Crippen molar-refractivity contribution in [3.8, 4) is 0 Å². The summed E-state index contributed by atoms with van der Waals surface area (Å²) in [6.45, 7) is 8.92. The van der Waals surface area contributed by atoms with Crippen molar-refractivity contribution in [1.82, 2.24) is 0 Å². The van der Waals surface area contributed by atoms with E-state index in [9.17, 15) is 10.2 Å². The normalized spacial score (nSPS) is 44.3. The van der Waals surface area contributed by atoms with Gasteiger partial charge in [-0.15, -0.1) is 0 Å². The molecular formula is C27H38O4. The van der Waals surface area contributed by atoms with E-state index in [1.807, 2.05) is 0 Å². The molecule has 0 aromatic heterocycles. The molecule has 170 valence electrons. The van der Waals surface area contributed by atoms with E-state index in [2.05, 4.69) is 38.7 Å². The molecule has 0 amide bonds. The van der Waals surface area contributed by atoms with Gasteiger partial charge in [-0.25, -0.2) is 0 Å². The molecule has 2 unspecified atom stereocenters. The van der Waals surface area contributed by atoms with E-state index in [4.69, 9.17) is 9.78 Å². The first-order valence-electron chi connectivity index (χ1n) is 12.4. The highest BCUT2D eigenvalue weighted by atomic mass is 17.2. The van der Waals surface area contributed by atoms with Gasteiger partial charge in [-0.3, -0.25) is 0 Å². The number of fused-ring (bicyclic) bond motifs is 1. The highest BCUT2D eigenvalue weighted by Gasteiger charge is 2.52. The van der Waals surface area contributed by atoms with Gasteiger partial charge in [0.05, 0.1) is 12.2 Å². The Hall–Kier alpha value is -1.36. The third-order valence-electron chi connectivity index (χ3n) is 9.02. The van der Waals surface area contributed by atoms with Crippen LogP contribution in [0.5, 0.6) is 0 Å². The molecule has 0 spiro atoms. The van der Waals surface area contributed by atoms with E-state index in [-0.39, 0.29) is 6.10 Å². The fourth-order valence-electron chi connectivity index (χ4n) is 6.98. The van der Waals surface area contributed by atoms with Gasteiger partial charge in [-0.1, -0.05) is 38.2 Å². The monoisotopic (exact) mass is 426 g/mol. The maximum Gasteiger partial charge on any atom is 0.144 e. The molecule has 31 heavy (non-hydrogen) atoms. The molecule has 7 atom stereocenters. The van der Waals surface area contributed by atoms with Gasteiger partial charge in [0.15, 0.2) is 0 Å². The smallest absolute Gasteiger partial charge is 0.144 e. The SMILES string of the molecule is C=C1C(=CC=C2CCC[C@@]3(C)C2CC[C@@H]3[C@H](C)C2C=C(C3CC3)OO2)C[C@@H](O)C[C@@H]1O. The summed E-state index contributed by atoms with van der Waals surface area (Å²) in [5.74, 6) is 3.36. The second-order valence-corrected chi connectivity index (χ2v) is 11.0. The molecule has 1 aliphatic heterocycles. The van der Waals surface area contributed by atoms with Crippen LogP contribution in [-0.2, 0) is 9.78 Å². The summed E-state index contributed by atoms with van der Waals surface area (Å²) in [6, 6.07) is 0. The van der Waals surface area contributed by atoms with Gasteiger partial charge < -0.3 is 15.1 Å². The lowest BCUT2D eigenvalue weighted by molar-refractivity contribution is -0.278. The average molecular weight is 427 g/mol. The van der Waals surface area contributed by atoms with E-state index >= 15 is 0 Å². The summed E-state index contributed by atoms with van der Waals surface area (Å²) >= 11 is 0. The Labute approximate surface area is 186 Å². The van der Waals surface area contributed by atoms with Crippen molar-refractivity contribution < 1.29 is 20.0 Å². The molecule has 5 rings (SSSR count). The van der Waals surface area contributed by atoms with E-state index in [1.165, 1.54) is 44.1 Å². The molecule has 4 nitrogen and oxygen atoms in total. The third-order valence-corrected chi connectivity index (χ3v) is 9.02. The van der Waals surface area contributed by atoms with Crippen LogP contribution in [0.1, 0.15) is 71.6 Å². The van der Waals surface area contributed by atoms with Crippen molar-refractivity contribution in [3.63, 3.8) is 0 Å². The van der Waals surface area contributed by atoms with Gasteiger partial charge in [0.25, 0.3) is 0 Å². The van der Waals surface area contributed by atoms with Gasteiger partial charge in [-0.2, -0.15) is 4.89 Å². The molecule has 4 heteroatoms. The number of aliphatic hydroxyl groups excluding tert-OH is 2. The van der Waals surface area contributed by atoms with Gasteiger partial charge in [-0.05, 0) is 91.8 Å². The van der Waals surface area contributed by atoms with Crippen LogP contribution in [0.4, 0.5) is 0 Å². The topological polar surface area (TPSA) is 58.9 Å². The van der Waals surface area contributed by atoms with Crippen LogP contribution < -0.4 is 0 Å². The van der Waals surface area contributed by atoms with Crippen LogP contribution in [0.15, 0.2) is 47.3 Å². The zero-order chi connectivity index (χ0) is 21.8. The Morgan fingerprint density at radius 3 is 2.77 bits per heavy atom. The van der Waals surface area contributed by atoms with Gasteiger partial charge >= 0.3 is 0 Å². The summed E-state index contributed by atoms with van der Waals surface area (Å²) in [4.78, 5) is 11.4. The highest BCUT2D eigenvalue weighted by molar-refractivity contribution is 5.38. The minimum atomic E-state index is -0.621. The van der Waals surface area contributed by atoms with Crippen molar-refractivity contribution in [2.75, 3.05) is 0 Å². The van der Waals surface area contributed by atoms with E-state index in [1.54, 1.807) is 0 Å². The lowest BCUT2D eigenvalue weighted by Crippen LogP contribution is -2.39. The number of allylic oxidation sites excluding steroid dienone is 4. The second kappa shape index (κ2) is 8.20. The van der Waals surface area contributed by atoms with Crippen molar-refractivity contribution in [3.05, 3.63) is 47.3 Å². The molecule has 1 heterocycles. The Kier molecular flexibility index (Phi) is 5.69. The largest absolute Gasteiger partial charge is 0.393 e. The first kappa shape index (κ1) is 21.5. The van der Waals surface area contributed by atoms with Gasteiger partial charge in [0.1, 0.15) is 11.9 Å². The zero-order valence-electron chi connectivity index (χ0n) is 19.1. The van der Waals surface area contributed by atoms with Crippen LogP contribution in [0.2, 0.25) is 0 Å². The van der Waals surface area contributed by atoms with Crippen molar-refractivity contribution in [2.45, 2.75) is 89.9 Å². The highest BCUT2D eigenvalue weighted by Crippen LogP contribution is 2.60. The average Bonchev–Trinajstić information content (AvgIpc) is 3.35. The van der Waals surface area contributed by atoms with E-state index < -0.39 is 12.2 Å². The molecule has 0 bridgehead atoms. The van der Waals surface area contributed by atoms with Crippen molar-refractivity contribution in [1.29, 1.82) is 0 Å². The molecule has 4 saturated carbocycles. The van der Waals surface area contributed by atoms with Crippen molar-refractivity contribution in [2.24, 2.45) is 29.1 Å². The lowest BCUT2D eigenvalue weighted by Gasteiger charge is -2.44. The first-order chi connectivity index (χ1) is 14.9. The minimum Gasteiger partial charge on any atom is -0.393 e. The standard InChI is InChI=1S/C27H38O4/c1-16-20(13-21(28)14-24(16)29)9-6-18-5-4-12-27(3)22(10-11-23(18)27)17(2)25-15-26(31-30-25)19-7-8-19/h6,9,15,17,19,21-25,28-29H,1,4-5,7-8,10-14H2,2-3H3/t17-,21+,22+,23?,24-,25?,27+/m0/s1. The van der Waals surface area contributed by atoms with E-state index in [0.29, 0.717) is 41.9 Å². The molecule has 0 aromatic rings. The van der Waals surface area contributed by atoms with Crippen molar-refractivity contribution >= 4 is 0 Å². The Bertz CT molecular complexity index is 819. The van der Waals surface area contributed by atoms with Crippen LogP contribution in [0, 0.1) is 29.1 Å². The van der Waals surface area contributed by atoms with Gasteiger partial charge in [0.2, 0.25) is 0 Å². The van der Waals surface area contributed by atoms with E-state index in [0.717, 1.165) is 23.3 Å². The molecule has 0 aromatic carbocycles. The molecule has 5 aliphatic rings. The molecule has 4 fully saturated rings. The fraction of sp³-hybridized carbons (Fsp3) is 0.704. The molecule has 0 saturated heterocycles. The molecular weight excluding hydrogens is 388 g/mol. The maximum atomic E-state index is 10.2. The number of hydrogen-bond donors (Lipinski definition) is 2. The number of aliphatic hydroxyl groups is 2. The van der Waals surface area contributed by atoms with Gasteiger partial charge in [0, 0.05) is 12.3 Å². The summed E-state index contributed by atoms with van der Waals surface area (Å²) in [5.41, 5.74) is 3.61. The summed E-state index contributed by atoms with van der Waals surface area (Å²) in [7, 11) is 0. The predicted octanol–water partition coefficient (Wildman–Crippen LogP) is 5.39. The molecule has 4 aliphatic carbocycles. The Morgan fingerprint density at radius 1 is 1.19 bits per heavy atom. The van der Waals surface area contributed by atoms with Crippen LogP contribution in [0.25, 0.3) is 0 Å². The quantitative estimate of drug-likeness (QED) is 0.592.